The quantitative estimate of drug-likeness (QED) is 0.310. The van der Waals surface area contributed by atoms with Gasteiger partial charge in [0.1, 0.15) is 18.0 Å². The number of nitrogens with one attached hydrogen (secondary N) is 1. The first-order valence-corrected chi connectivity index (χ1v) is 8.55. The third-order valence-electron chi connectivity index (χ3n) is 4.21. The van der Waals surface area contributed by atoms with Crippen LogP contribution in [0.15, 0.2) is 42.5 Å². The molecule has 0 aromatic heterocycles. The minimum absolute atomic E-state index is 0.109. The number of hydrogen-bond donors (Lipinski definition) is 1. The molecule has 1 heterocycles. The van der Waals surface area contributed by atoms with Crippen molar-refractivity contribution in [2.24, 2.45) is 0 Å². The Kier molecular flexibility index (Phi) is 5.72. The molecular weight excluding hydrogens is 398 g/mol. The molecule has 1 N–H and O–H groups in total. The third kappa shape index (κ3) is 4.09. The van der Waals surface area contributed by atoms with Gasteiger partial charge in [-0.05, 0) is 24.3 Å². The molecule has 30 heavy (non-hydrogen) atoms. The Hall–Kier alpha value is -4.28. The normalized spacial score (nSPS) is 12.4. The van der Waals surface area contributed by atoms with Crippen molar-refractivity contribution < 1.29 is 33.6 Å². The monoisotopic (exact) mass is 413 g/mol. The number of esters is 1. The van der Waals surface area contributed by atoms with Gasteiger partial charge in [-0.15, -0.1) is 0 Å². The molecule has 0 fully saturated rings. The molecule has 0 aliphatic carbocycles. The maximum Gasteiger partial charge on any atom is 0.326 e. The van der Waals surface area contributed by atoms with Gasteiger partial charge in [0.25, 0.3) is 23.4 Å². The van der Waals surface area contributed by atoms with Gasteiger partial charge in [0.05, 0.1) is 29.2 Å². The minimum atomic E-state index is -0.983. The highest BCUT2D eigenvalue weighted by molar-refractivity contribution is 6.22. The van der Waals surface area contributed by atoms with E-state index in [1.165, 1.54) is 31.4 Å². The lowest BCUT2D eigenvalue weighted by molar-refractivity contribution is -0.384. The van der Waals surface area contributed by atoms with Gasteiger partial charge in [-0.25, -0.2) is 0 Å². The number of imide groups is 1. The number of nitro groups is 1. The Bertz CT molecular complexity index is 1030. The van der Waals surface area contributed by atoms with Crippen molar-refractivity contribution in [2.75, 3.05) is 25.6 Å². The number of nitro benzene ring substituents is 1. The topological polar surface area (TPSA) is 145 Å². The van der Waals surface area contributed by atoms with E-state index < -0.39 is 47.5 Å². The number of carbonyl (C=O) groups excluding carboxylic acids is 4. The number of amides is 3. The van der Waals surface area contributed by atoms with E-state index in [0.717, 1.165) is 11.0 Å². The molecule has 2 aromatic rings. The average Bonchev–Trinajstić information content (AvgIpc) is 2.97. The van der Waals surface area contributed by atoms with E-state index >= 15 is 0 Å². The zero-order valence-corrected chi connectivity index (χ0v) is 15.6. The van der Waals surface area contributed by atoms with Crippen LogP contribution < -0.4 is 10.1 Å². The van der Waals surface area contributed by atoms with Crippen LogP contribution in [0.3, 0.4) is 0 Å². The summed E-state index contributed by atoms with van der Waals surface area (Å²) in [4.78, 5) is 59.6. The van der Waals surface area contributed by atoms with Crippen LogP contribution in [0.25, 0.3) is 0 Å². The van der Waals surface area contributed by atoms with Crippen molar-refractivity contribution in [3.05, 3.63) is 63.7 Å². The fraction of sp³-hybridized carbons (Fsp3) is 0.158. The molecule has 1 aliphatic rings. The van der Waals surface area contributed by atoms with Gasteiger partial charge in [-0.1, -0.05) is 12.1 Å². The smallest absolute Gasteiger partial charge is 0.326 e. The Balaban J connectivity index is 1.57. The van der Waals surface area contributed by atoms with E-state index in [4.69, 9.17) is 9.47 Å². The van der Waals surface area contributed by atoms with E-state index in [9.17, 15) is 29.3 Å². The molecule has 0 bridgehead atoms. The van der Waals surface area contributed by atoms with Crippen molar-refractivity contribution in [3.8, 4) is 5.75 Å². The fourth-order valence-corrected chi connectivity index (χ4v) is 2.78. The lowest BCUT2D eigenvalue weighted by atomic mass is 10.1. The molecule has 0 unspecified atom stereocenters. The molecule has 1 aliphatic heterocycles. The predicted molar refractivity (Wildman–Crippen MR) is 101 cm³/mol. The summed E-state index contributed by atoms with van der Waals surface area (Å²) in [6.07, 6.45) is 0. The second kappa shape index (κ2) is 8.39. The first-order chi connectivity index (χ1) is 14.3. The van der Waals surface area contributed by atoms with E-state index in [-0.39, 0.29) is 22.6 Å². The molecule has 3 amide bonds. The fourth-order valence-electron chi connectivity index (χ4n) is 2.78. The van der Waals surface area contributed by atoms with Crippen LogP contribution in [0.5, 0.6) is 5.75 Å². The van der Waals surface area contributed by atoms with Gasteiger partial charge >= 0.3 is 5.97 Å². The standard InChI is InChI=1S/C19H15N3O8/c1-29-11-6-7-14(15(8-11)22(27)28)20-16(23)10-30-17(24)9-21-18(25)12-4-2-3-5-13(12)19(21)26/h2-8H,9-10H2,1H3,(H,20,23). The van der Waals surface area contributed by atoms with Crippen molar-refractivity contribution >= 4 is 35.1 Å². The Morgan fingerprint density at radius 2 is 1.73 bits per heavy atom. The number of nitrogens with zero attached hydrogens (tertiary/aromatic N) is 2. The van der Waals surface area contributed by atoms with Crippen LogP contribution in [-0.4, -0.2) is 53.8 Å². The van der Waals surface area contributed by atoms with E-state index in [1.807, 2.05) is 0 Å². The second-order valence-electron chi connectivity index (χ2n) is 6.09. The lowest BCUT2D eigenvalue weighted by Crippen LogP contribution is -2.36. The Morgan fingerprint density at radius 3 is 2.30 bits per heavy atom. The summed E-state index contributed by atoms with van der Waals surface area (Å²) >= 11 is 0. The number of benzene rings is 2. The number of rotatable bonds is 7. The zero-order valence-electron chi connectivity index (χ0n) is 15.6. The Labute approximate surface area is 169 Å². The Morgan fingerprint density at radius 1 is 1.10 bits per heavy atom. The van der Waals surface area contributed by atoms with Gasteiger partial charge in [0.2, 0.25) is 0 Å². The highest BCUT2D eigenvalue weighted by Crippen LogP contribution is 2.29. The molecular formula is C19H15N3O8. The third-order valence-corrected chi connectivity index (χ3v) is 4.21. The van der Waals surface area contributed by atoms with Gasteiger partial charge < -0.3 is 14.8 Å². The first-order valence-electron chi connectivity index (χ1n) is 8.55. The molecule has 0 saturated heterocycles. The molecule has 2 aromatic carbocycles. The highest BCUT2D eigenvalue weighted by Gasteiger charge is 2.36. The predicted octanol–water partition coefficient (Wildman–Crippen LogP) is 1.38. The summed E-state index contributed by atoms with van der Waals surface area (Å²) < 4.78 is 9.69. The summed E-state index contributed by atoms with van der Waals surface area (Å²) in [6, 6.07) is 9.94. The van der Waals surface area contributed by atoms with Gasteiger partial charge in [0, 0.05) is 0 Å². The van der Waals surface area contributed by atoms with Crippen LogP contribution in [0.4, 0.5) is 11.4 Å². The average molecular weight is 413 g/mol. The van der Waals surface area contributed by atoms with E-state index in [0.29, 0.717) is 0 Å². The maximum atomic E-state index is 12.2. The summed E-state index contributed by atoms with van der Waals surface area (Å²) in [6.45, 7) is -1.42. The van der Waals surface area contributed by atoms with Gasteiger partial charge in [-0.3, -0.25) is 34.2 Å². The van der Waals surface area contributed by atoms with Crippen molar-refractivity contribution in [2.45, 2.75) is 0 Å². The van der Waals surface area contributed by atoms with Crippen molar-refractivity contribution in [3.63, 3.8) is 0 Å². The number of anilines is 1. The molecule has 3 rings (SSSR count). The van der Waals surface area contributed by atoms with Crippen LogP contribution in [0.1, 0.15) is 20.7 Å². The summed E-state index contributed by atoms with van der Waals surface area (Å²) in [5, 5.41) is 13.4. The van der Waals surface area contributed by atoms with Crippen LogP contribution in [0, 0.1) is 10.1 Å². The lowest BCUT2D eigenvalue weighted by Gasteiger charge is -2.13. The molecule has 154 valence electrons. The number of hydrogen-bond acceptors (Lipinski definition) is 8. The highest BCUT2D eigenvalue weighted by atomic mass is 16.6. The molecule has 11 heteroatoms. The molecule has 0 atom stereocenters. The maximum absolute atomic E-state index is 12.2. The number of fused-ring (bicyclic) bond motifs is 1. The van der Waals surface area contributed by atoms with Crippen LogP contribution in [-0.2, 0) is 14.3 Å². The second-order valence-corrected chi connectivity index (χ2v) is 6.09. The summed E-state index contributed by atoms with van der Waals surface area (Å²) in [7, 11) is 1.34. The number of carbonyl (C=O) groups is 4. The van der Waals surface area contributed by atoms with Crippen LogP contribution in [0.2, 0.25) is 0 Å². The first kappa shape index (κ1) is 20.5. The number of ether oxygens (including phenoxy) is 2. The van der Waals surface area contributed by atoms with E-state index in [2.05, 4.69) is 5.32 Å². The van der Waals surface area contributed by atoms with Crippen LogP contribution >= 0.6 is 0 Å². The SMILES string of the molecule is COc1ccc(NC(=O)COC(=O)CN2C(=O)c3ccccc3C2=O)c([N+](=O)[O-])c1. The molecule has 0 saturated carbocycles. The van der Waals surface area contributed by atoms with Crippen molar-refractivity contribution in [1.29, 1.82) is 0 Å². The minimum Gasteiger partial charge on any atom is -0.496 e. The van der Waals surface area contributed by atoms with Gasteiger partial charge in [-0.2, -0.15) is 0 Å². The summed E-state index contributed by atoms with van der Waals surface area (Å²) in [5.41, 5.74) is -0.151. The molecule has 11 nitrogen and oxygen atoms in total. The van der Waals surface area contributed by atoms with E-state index in [1.54, 1.807) is 12.1 Å². The molecule has 0 spiro atoms. The zero-order chi connectivity index (χ0) is 21.8. The summed E-state index contributed by atoms with van der Waals surface area (Å²) in [5.74, 6) is -2.85. The van der Waals surface area contributed by atoms with Crippen molar-refractivity contribution in [1.82, 2.24) is 4.90 Å². The molecule has 0 radical (unpaired) electrons. The largest absolute Gasteiger partial charge is 0.496 e. The van der Waals surface area contributed by atoms with Gasteiger partial charge in [0.15, 0.2) is 6.61 Å². The number of methoxy groups -OCH3 is 1.